The molecule has 0 saturated carbocycles. The first-order valence-electron chi connectivity index (χ1n) is 9.74. The summed E-state index contributed by atoms with van der Waals surface area (Å²) in [6.45, 7) is 1.76. The lowest BCUT2D eigenvalue weighted by Crippen LogP contribution is -2.23. The molecule has 1 aliphatic rings. The summed E-state index contributed by atoms with van der Waals surface area (Å²) in [4.78, 5) is 25.9. The van der Waals surface area contributed by atoms with Gasteiger partial charge in [-0.05, 0) is 59.8 Å². The number of anilines is 2. The number of H-pyrrole nitrogens is 2. The van der Waals surface area contributed by atoms with E-state index in [0.717, 1.165) is 28.8 Å². The Bertz CT molecular complexity index is 1430. The van der Waals surface area contributed by atoms with E-state index in [1.807, 2.05) is 30.3 Å². The van der Waals surface area contributed by atoms with Gasteiger partial charge in [-0.2, -0.15) is 9.61 Å². The first-order valence-corrected chi connectivity index (χ1v) is 10.8. The maximum Gasteiger partial charge on any atom is 0.326 e. The van der Waals surface area contributed by atoms with Gasteiger partial charge in [0.25, 0.3) is 0 Å². The predicted octanol–water partition coefficient (Wildman–Crippen LogP) is 0.610. The Balaban J connectivity index is 1.68. The number of nitrogens with one attached hydrogen (secondary N) is 4. The monoisotopic (exact) mass is 530 g/mol. The molecule has 5 rings (SSSR count). The predicted molar refractivity (Wildman–Crippen MR) is 124 cm³/mol. The Labute approximate surface area is 189 Å². The van der Waals surface area contributed by atoms with Crippen molar-refractivity contribution in [3.05, 3.63) is 67.0 Å². The average Bonchev–Trinajstić information content (AvgIpc) is 3.44. The van der Waals surface area contributed by atoms with Crippen LogP contribution in [-0.2, 0) is 0 Å². The Morgan fingerprint density at radius 2 is 2.23 bits per heavy atom. The molecule has 1 fully saturated rings. The number of hydrogen-bond donors (Lipinski definition) is 5. The highest BCUT2D eigenvalue weighted by Gasteiger charge is 2.14. The summed E-state index contributed by atoms with van der Waals surface area (Å²) in [6, 6.07) is 10.0. The molecule has 1 aliphatic heterocycles. The van der Waals surface area contributed by atoms with Crippen LogP contribution in [0.25, 0.3) is 11.7 Å². The van der Waals surface area contributed by atoms with E-state index in [4.69, 9.17) is 9.98 Å². The lowest BCUT2D eigenvalue weighted by atomic mass is 10.3. The summed E-state index contributed by atoms with van der Waals surface area (Å²) in [5, 5.41) is 21.7. The van der Waals surface area contributed by atoms with Crippen LogP contribution in [0.2, 0.25) is 0 Å². The van der Waals surface area contributed by atoms with Gasteiger partial charge in [0.2, 0.25) is 5.88 Å². The molecule has 0 radical (unpaired) electrons. The largest absolute Gasteiger partial charge is 0.493 e. The Kier molecular flexibility index (Phi) is 5.19. The van der Waals surface area contributed by atoms with Crippen molar-refractivity contribution in [3.63, 3.8) is 0 Å². The van der Waals surface area contributed by atoms with Gasteiger partial charge in [0.05, 0.1) is 12.2 Å². The number of imidazole rings is 1. The molecule has 1 unspecified atom stereocenters. The van der Waals surface area contributed by atoms with Crippen molar-refractivity contribution in [2.45, 2.75) is 12.5 Å². The van der Waals surface area contributed by atoms with E-state index >= 15 is 0 Å². The van der Waals surface area contributed by atoms with Crippen LogP contribution in [0.1, 0.15) is 12.1 Å². The van der Waals surface area contributed by atoms with Crippen LogP contribution in [-0.4, -0.2) is 48.8 Å². The summed E-state index contributed by atoms with van der Waals surface area (Å²) < 4.78 is 2.78. The van der Waals surface area contributed by atoms with Crippen molar-refractivity contribution in [1.29, 1.82) is 0 Å². The maximum atomic E-state index is 11.5. The van der Waals surface area contributed by atoms with Crippen LogP contribution in [0.5, 0.6) is 5.88 Å². The molecular weight excluding hydrogens is 511 g/mol. The zero-order valence-corrected chi connectivity index (χ0v) is 18.4. The van der Waals surface area contributed by atoms with E-state index in [1.165, 1.54) is 0 Å². The van der Waals surface area contributed by atoms with Gasteiger partial charge in [0, 0.05) is 27.1 Å². The lowest BCUT2D eigenvalue weighted by molar-refractivity contribution is 0.454. The van der Waals surface area contributed by atoms with Crippen LogP contribution >= 0.6 is 22.6 Å². The summed E-state index contributed by atoms with van der Waals surface area (Å²) >= 11 is 2.26. The van der Waals surface area contributed by atoms with Crippen molar-refractivity contribution in [1.82, 2.24) is 29.9 Å². The quantitative estimate of drug-likeness (QED) is 0.246. The third kappa shape index (κ3) is 4.18. The molecule has 0 aliphatic carbocycles. The van der Waals surface area contributed by atoms with Crippen molar-refractivity contribution in [3.8, 4) is 5.88 Å². The van der Waals surface area contributed by atoms with Crippen LogP contribution in [0.3, 0.4) is 0 Å². The van der Waals surface area contributed by atoms with Crippen LogP contribution in [0.15, 0.2) is 46.3 Å². The lowest BCUT2D eigenvalue weighted by Gasteiger charge is -2.08. The van der Waals surface area contributed by atoms with Crippen molar-refractivity contribution < 1.29 is 5.11 Å². The van der Waals surface area contributed by atoms with Gasteiger partial charge in [0.1, 0.15) is 11.5 Å². The number of benzene rings is 1. The second-order valence-corrected chi connectivity index (χ2v) is 8.48. The number of aromatic amines is 2. The topological polar surface area (TPSA) is 135 Å². The molecular formula is C20H19IN8O2. The summed E-state index contributed by atoms with van der Waals surface area (Å²) in [7, 11) is 0. The normalized spacial score (nSPS) is 17.6. The molecule has 4 aromatic rings. The van der Waals surface area contributed by atoms with Gasteiger partial charge < -0.3 is 20.7 Å². The van der Waals surface area contributed by atoms with Crippen LogP contribution < -0.4 is 27.0 Å². The smallest absolute Gasteiger partial charge is 0.326 e. The minimum absolute atomic E-state index is 0.165. The number of nitrogens with zero attached hydrogens (tertiary/aromatic N) is 4. The fraction of sp³-hybridized carbons (Fsp3) is 0.200. The molecule has 11 heteroatoms. The molecule has 0 spiro atoms. The first kappa shape index (κ1) is 19.8. The van der Waals surface area contributed by atoms with Gasteiger partial charge in [-0.1, -0.05) is 6.07 Å². The van der Waals surface area contributed by atoms with E-state index in [2.05, 4.69) is 48.3 Å². The molecule has 1 saturated heterocycles. The number of fused-ring (bicyclic) bond motifs is 1. The van der Waals surface area contributed by atoms with E-state index in [0.29, 0.717) is 22.2 Å². The second-order valence-electron chi connectivity index (χ2n) is 7.23. The zero-order chi connectivity index (χ0) is 21.4. The fourth-order valence-electron chi connectivity index (χ4n) is 3.52. The highest BCUT2D eigenvalue weighted by molar-refractivity contribution is 14.1. The second kappa shape index (κ2) is 8.15. The van der Waals surface area contributed by atoms with E-state index < -0.39 is 5.69 Å². The Morgan fingerprint density at radius 1 is 1.32 bits per heavy atom. The average molecular weight is 530 g/mol. The molecule has 1 atom stereocenters. The molecule has 31 heavy (non-hydrogen) atoms. The number of rotatable bonds is 4. The van der Waals surface area contributed by atoms with Crippen LogP contribution in [0, 0.1) is 3.57 Å². The van der Waals surface area contributed by atoms with Gasteiger partial charge >= 0.3 is 5.69 Å². The van der Waals surface area contributed by atoms with E-state index in [-0.39, 0.29) is 17.6 Å². The SMILES string of the molecule is O=c1[nH]c(O)c(C=c2cnn3c(=NC4CCNC4)cc(Nc4cccc(I)c4)nc23)[nH]1. The highest BCUT2D eigenvalue weighted by atomic mass is 127. The minimum Gasteiger partial charge on any atom is -0.493 e. The Morgan fingerprint density at radius 3 is 2.97 bits per heavy atom. The van der Waals surface area contributed by atoms with Gasteiger partial charge in [-0.15, -0.1) is 0 Å². The molecule has 5 N–H and O–H groups in total. The van der Waals surface area contributed by atoms with E-state index in [1.54, 1.807) is 16.8 Å². The van der Waals surface area contributed by atoms with Crippen molar-refractivity contribution in [2.75, 3.05) is 18.4 Å². The molecule has 158 valence electrons. The van der Waals surface area contributed by atoms with Gasteiger partial charge in [0.15, 0.2) is 11.1 Å². The maximum absolute atomic E-state index is 11.5. The first-order chi connectivity index (χ1) is 15.0. The van der Waals surface area contributed by atoms with Gasteiger partial charge in [-0.25, -0.2) is 9.78 Å². The van der Waals surface area contributed by atoms with Crippen molar-refractivity contribution >= 4 is 45.8 Å². The minimum atomic E-state index is -0.487. The molecule has 0 amide bonds. The highest BCUT2D eigenvalue weighted by Crippen LogP contribution is 2.17. The standard InChI is InChI=1S/C20H19IN8O2/c21-12-2-1-3-13(7-12)24-16-8-17(25-14-4-5-22-10-14)29-18(27-16)11(9-23-29)6-15-19(30)28-20(31)26-15/h1-3,6-9,14,22,24,30H,4-5,10H2,(H2,26,28,31). The molecule has 0 bridgehead atoms. The number of halogens is 1. The molecule has 10 nitrogen and oxygen atoms in total. The Hall–Kier alpha value is -3.19. The zero-order valence-electron chi connectivity index (χ0n) is 16.3. The summed E-state index contributed by atoms with van der Waals surface area (Å²) in [6.07, 6.45) is 4.22. The van der Waals surface area contributed by atoms with Gasteiger partial charge in [-0.3, -0.25) is 9.98 Å². The molecule has 3 aromatic heterocycles. The summed E-state index contributed by atoms with van der Waals surface area (Å²) in [5.74, 6) is 0.389. The molecule has 1 aromatic carbocycles. The van der Waals surface area contributed by atoms with Crippen molar-refractivity contribution in [2.24, 2.45) is 4.99 Å². The summed E-state index contributed by atoms with van der Waals surface area (Å²) in [5.41, 5.74) is 1.92. The number of hydrogen-bond acceptors (Lipinski definition) is 7. The number of aromatic nitrogens is 5. The third-order valence-corrected chi connectivity index (χ3v) is 5.63. The van der Waals surface area contributed by atoms with E-state index in [9.17, 15) is 9.90 Å². The fourth-order valence-corrected chi connectivity index (χ4v) is 4.06. The molecule has 4 heterocycles. The van der Waals surface area contributed by atoms with Crippen LogP contribution in [0.4, 0.5) is 11.5 Å². The third-order valence-electron chi connectivity index (χ3n) is 4.96. The number of aromatic hydroxyl groups is 1.